The van der Waals surface area contributed by atoms with Crippen LogP contribution < -0.4 is 9.64 Å². The largest absolute Gasteiger partial charge is 0.507 e. The van der Waals surface area contributed by atoms with Gasteiger partial charge >= 0.3 is 0 Å². The molecule has 3 aliphatic rings. The second kappa shape index (κ2) is 9.70. The minimum absolute atomic E-state index is 0.207. The number of anilines is 1. The van der Waals surface area contributed by atoms with Crippen molar-refractivity contribution in [1.29, 1.82) is 0 Å². The van der Waals surface area contributed by atoms with E-state index in [9.17, 15) is 5.11 Å². The lowest BCUT2D eigenvalue weighted by Crippen LogP contribution is -2.49. The first-order chi connectivity index (χ1) is 17.2. The maximum Gasteiger partial charge on any atom is 0.139 e. The molecule has 1 saturated carbocycles. The van der Waals surface area contributed by atoms with Gasteiger partial charge in [0.2, 0.25) is 0 Å². The second-order valence-electron chi connectivity index (χ2n) is 10.3. The van der Waals surface area contributed by atoms with Gasteiger partial charge in [0.15, 0.2) is 0 Å². The van der Waals surface area contributed by atoms with Gasteiger partial charge in [-0.1, -0.05) is 12.8 Å². The quantitative estimate of drug-likeness (QED) is 0.571. The van der Waals surface area contributed by atoms with E-state index in [2.05, 4.69) is 37.4 Å². The van der Waals surface area contributed by atoms with Gasteiger partial charge in [0.1, 0.15) is 17.1 Å². The molecule has 3 aromatic rings. The number of benzene rings is 1. The van der Waals surface area contributed by atoms with Crippen LogP contribution in [0.3, 0.4) is 0 Å². The molecule has 0 bridgehead atoms. The SMILES string of the molecule is COc1ccc(-c2nc3cc(N4CCN(C5CCCC5)CC4)ccn3c2CN2CCCC2)c(O)c1. The fourth-order valence-corrected chi connectivity index (χ4v) is 6.25. The summed E-state index contributed by atoms with van der Waals surface area (Å²) in [6.07, 6.45) is 10.2. The number of nitrogens with zero attached hydrogens (tertiary/aromatic N) is 5. The standard InChI is InChI=1S/C28H37N5O2/c1-35-23-8-9-24(26(34)19-23)28-25(20-30-11-4-5-12-30)33-13-10-22(18-27(33)29-28)32-16-14-31(15-17-32)21-6-2-3-7-21/h8-10,13,18-19,21,34H,2-7,11-12,14-17,20H2,1H3. The zero-order valence-electron chi connectivity index (χ0n) is 20.8. The van der Waals surface area contributed by atoms with Crippen LogP contribution in [0.25, 0.3) is 16.9 Å². The summed E-state index contributed by atoms with van der Waals surface area (Å²) < 4.78 is 7.52. The van der Waals surface area contributed by atoms with Gasteiger partial charge in [0.05, 0.1) is 18.5 Å². The van der Waals surface area contributed by atoms with Crippen molar-refractivity contribution in [3.8, 4) is 22.8 Å². The molecule has 0 spiro atoms. The van der Waals surface area contributed by atoms with E-state index >= 15 is 0 Å². The fraction of sp³-hybridized carbons (Fsp3) is 0.536. The third-order valence-corrected chi connectivity index (χ3v) is 8.26. The highest BCUT2D eigenvalue weighted by Crippen LogP contribution is 2.36. The highest BCUT2D eigenvalue weighted by atomic mass is 16.5. The van der Waals surface area contributed by atoms with Gasteiger partial charge < -0.3 is 19.1 Å². The van der Waals surface area contributed by atoms with E-state index in [1.807, 2.05) is 12.1 Å². The summed E-state index contributed by atoms with van der Waals surface area (Å²) in [7, 11) is 1.62. The monoisotopic (exact) mass is 475 g/mol. The smallest absolute Gasteiger partial charge is 0.139 e. The molecule has 35 heavy (non-hydrogen) atoms. The zero-order valence-corrected chi connectivity index (χ0v) is 20.8. The number of aromatic hydroxyl groups is 1. The molecule has 0 atom stereocenters. The average molecular weight is 476 g/mol. The number of aromatic nitrogens is 2. The van der Waals surface area contributed by atoms with Crippen LogP contribution in [0, 0.1) is 0 Å². The highest BCUT2D eigenvalue weighted by molar-refractivity contribution is 5.74. The maximum atomic E-state index is 10.8. The molecule has 1 N–H and O–H groups in total. The number of hydrogen-bond acceptors (Lipinski definition) is 6. The Morgan fingerprint density at radius 1 is 0.943 bits per heavy atom. The zero-order chi connectivity index (χ0) is 23.8. The van der Waals surface area contributed by atoms with E-state index in [0.717, 1.165) is 74.5 Å². The van der Waals surface area contributed by atoms with Crippen molar-refractivity contribution in [3.63, 3.8) is 0 Å². The number of phenols is 1. The van der Waals surface area contributed by atoms with E-state index < -0.39 is 0 Å². The molecule has 0 unspecified atom stereocenters. The summed E-state index contributed by atoms with van der Waals surface area (Å²) in [6, 6.07) is 10.8. The number of pyridine rings is 1. The van der Waals surface area contributed by atoms with E-state index in [-0.39, 0.29) is 5.75 Å². The average Bonchev–Trinajstić information content (AvgIpc) is 3.66. The molecule has 186 valence electrons. The van der Waals surface area contributed by atoms with Crippen molar-refractivity contribution in [3.05, 3.63) is 42.2 Å². The molecule has 7 heteroatoms. The van der Waals surface area contributed by atoms with Crippen LogP contribution in [0.2, 0.25) is 0 Å². The fourth-order valence-electron chi connectivity index (χ4n) is 6.25. The Hall–Kier alpha value is -2.77. The molecule has 1 aliphatic carbocycles. The molecule has 4 heterocycles. The van der Waals surface area contributed by atoms with Crippen molar-refractivity contribution in [1.82, 2.24) is 19.2 Å². The van der Waals surface area contributed by atoms with E-state index in [4.69, 9.17) is 9.72 Å². The summed E-state index contributed by atoms with van der Waals surface area (Å²) in [5, 5.41) is 10.8. The van der Waals surface area contributed by atoms with E-state index in [1.54, 1.807) is 13.2 Å². The molecular weight excluding hydrogens is 438 g/mol. The normalized spacial score (nSPS) is 20.3. The molecule has 0 amide bonds. The number of fused-ring (bicyclic) bond motifs is 1. The van der Waals surface area contributed by atoms with Crippen LogP contribution in [-0.4, -0.2) is 76.7 Å². The minimum atomic E-state index is 0.207. The molecular formula is C28H37N5O2. The number of hydrogen-bond donors (Lipinski definition) is 1. The molecule has 7 nitrogen and oxygen atoms in total. The van der Waals surface area contributed by atoms with E-state index in [1.165, 1.54) is 44.2 Å². The van der Waals surface area contributed by atoms with Crippen molar-refractivity contribution in [2.45, 2.75) is 51.1 Å². The summed E-state index contributed by atoms with van der Waals surface area (Å²) >= 11 is 0. The van der Waals surface area contributed by atoms with Gasteiger partial charge in [-0.15, -0.1) is 0 Å². The van der Waals surface area contributed by atoms with Gasteiger partial charge in [-0.3, -0.25) is 9.80 Å². The van der Waals surface area contributed by atoms with Crippen molar-refractivity contribution in [2.75, 3.05) is 51.3 Å². The first-order valence-electron chi connectivity index (χ1n) is 13.3. The molecule has 3 fully saturated rings. The molecule has 2 aromatic heterocycles. The third kappa shape index (κ3) is 4.47. The molecule has 1 aromatic carbocycles. The lowest BCUT2D eigenvalue weighted by molar-refractivity contribution is 0.187. The first kappa shape index (κ1) is 22.7. The molecule has 2 aliphatic heterocycles. The lowest BCUT2D eigenvalue weighted by atomic mass is 10.1. The molecule has 2 saturated heterocycles. The molecule has 6 rings (SSSR count). The Morgan fingerprint density at radius 3 is 2.43 bits per heavy atom. The maximum absolute atomic E-state index is 10.8. The Bertz CT molecular complexity index is 1170. The summed E-state index contributed by atoms with van der Waals surface area (Å²) in [6.45, 7) is 7.50. The van der Waals surface area contributed by atoms with Crippen LogP contribution in [0.1, 0.15) is 44.2 Å². The van der Waals surface area contributed by atoms with Gasteiger partial charge in [0, 0.05) is 68.3 Å². The summed E-state index contributed by atoms with van der Waals surface area (Å²) in [5.41, 5.74) is 4.95. The van der Waals surface area contributed by atoms with Crippen molar-refractivity contribution in [2.24, 2.45) is 0 Å². The highest BCUT2D eigenvalue weighted by Gasteiger charge is 2.27. The topological polar surface area (TPSA) is 56.5 Å². The summed E-state index contributed by atoms with van der Waals surface area (Å²) in [4.78, 5) is 12.8. The lowest BCUT2D eigenvalue weighted by Gasteiger charge is -2.39. The Morgan fingerprint density at radius 2 is 1.71 bits per heavy atom. The number of ether oxygens (including phenoxy) is 1. The van der Waals surface area contributed by atoms with Gasteiger partial charge in [0.25, 0.3) is 0 Å². The van der Waals surface area contributed by atoms with Crippen LogP contribution in [-0.2, 0) is 6.54 Å². The number of likely N-dealkylation sites (tertiary alicyclic amines) is 1. The molecule has 0 radical (unpaired) electrons. The Balaban J connectivity index is 1.31. The van der Waals surface area contributed by atoms with Crippen LogP contribution >= 0.6 is 0 Å². The minimum Gasteiger partial charge on any atom is -0.507 e. The Labute approximate surface area is 207 Å². The van der Waals surface area contributed by atoms with Gasteiger partial charge in [-0.25, -0.2) is 4.98 Å². The van der Waals surface area contributed by atoms with Crippen molar-refractivity contribution < 1.29 is 9.84 Å². The summed E-state index contributed by atoms with van der Waals surface area (Å²) in [5.74, 6) is 0.855. The predicted molar refractivity (Wildman–Crippen MR) is 139 cm³/mol. The first-order valence-corrected chi connectivity index (χ1v) is 13.3. The van der Waals surface area contributed by atoms with E-state index in [0.29, 0.717) is 5.75 Å². The number of rotatable bonds is 6. The van der Waals surface area contributed by atoms with Gasteiger partial charge in [-0.2, -0.15) is 0 Å². The number of imidazole rings is 1. The predicted octanol–water partition coefficient (Wildman–Crippen LogP) is 4.38. The number of piperazine rings is 1. The number of methoxy groups -OCH3 is 1. The van der Waals surface area contributed by atoms with Crippen LogP contribution in [0.5, 0.6) is 11.5 Å². The van der Waals surface area contributed by atoms with Gasteiger partial charge in [-0.05, 0) is 57.0 Å². The number of phenolic OH excluding ortho intramolecular Hbond substituents is 1. The third-order valence-electron chi connectivity index (χ3n) is 8.26. The Kier molecular flexibility index (Phi) is 6.29. The van der Waals surface area contributed by atoms with Crippen molar-refractivity contribution >= 4 is 11.3 Å². The van der Waals surface area contributed by atoms with Crippen LogP contribution in [0.4, 0.5) is 5.69 Å². The van der Waals surface area contributed by atoms with Crippen LogP contribution in [0.15, 0.2) is 36.5 Å². The second-order valence-corrected chi connectivity index (χ2v) is 10.3.